The van der Waals surface area contributed by atoms with Crippen LogP contribution in [0.2, 0.25) is 0 Å². The molecule has 0 saturated heterocycles. The summed E-state index contributed by atoms with van der Waals surface area (Å²) in [5.41, 5.74) is 6.06. The summed E-state index contributed by atoms with van der Waals surface area (Å²) < 4.78 is 4.86. The number of nitrogens with one attached hydrogen (secondary N) is 1. The van der Waals surface area contributed by atoms with Crippen LogP contribution < -0.4 is 11.1 Å². The zero-order valence-corrected chi connectivity index (χ0v) is 9.14. The number of carbonyl (C=O) groups is 1. The lowest BCUT2D eigenvalue weighted by molar-refractivity contribution is -0.121. The number of benzene rings is 1. The van der Waals surface area contributed by atoms with Crippen LogP contribution in [0.3, 0.4) is 0 Å². The maximum atomic E-state index is 11.0. The maximum Gasteiger partial charge on any atom is 0.236 e. The first-order valence-electron chi connectivity index (χ1n) is 4.93. The van der Waals surface area contributed by atoms with Gasteiger partial charge in [0.15, 0.2) is 0 Å². The highest BCUT2D eigenvalue weighted by molar-refractivity contribution is 5.79. The highest BCUT2D eigenvalue weighted by Gasteiger charge is 2.13. The quantitative estimate of drug-likeness (QED) is 0.634. The summed E-state index contributed by atoms with van der Waals surface area (Å²) in [4.78, 5) is 11.0. The van der Waals surface area contributed by atoms with Gasteiger partial charge in [0, 0.05) is 13.7 Å². The first-order valence-corrected chi connectivity index (χ1v) is 4.93. The fourth-order valence-electron chi connectivity index (χ4n) is 1.32. The normalized spacial score (nSPS) is 12.3. The number of rotatable bonds is 6. The molecule has 0 spiro atoms. The van der Waals surface area contributed by atoms with Crippen molar-refractivity contribution < 1.29 is 14.6 Å². The summed E-state index contributed by atoms with van der Waals surface area (Å²) in [6.45, 7) is 0.680. The zero-order chi connectivity index (χ0) is 12.0. The van der Waals surface area contributed by atoms with Gasteiger partial charge in [0.1, 0.15) is 11.8 Å². The molecular weight excluding hydrogens is 208 g/mol. The second-order valence-corrected chi connectivity index (χ2v) is 3.46. The van der Waals surface area contributed by atoms with Crippen LogP contribution in [0.1, 0.15) is 5.56 Å². The molecule has 5 nitrogen and oxygen atoms in total. The summed E-state index contributed by atoms with van der Waals surface area (Å²) in [6.07, 6.45) is 0. The van der Waals surface area contributed by atoms with E-state index < -0.39 is 11.9 Å². The van der Waals surface area contributed by atoms with Crippen molar-refractivity contribution in [3.05, 3.63) is 29.8 Å². The number of ether oxygens (including phenoxy) is 1. The van der Waals surface area contributed by atoms with Crippen LogP contribution in [-0.4, -0.2) is 30.8 Å². The van der Waals surface area contributed by atoms with E-state index in [0.717, 1.165) is 5.56 Å². The van der Waals surface area contributed by atoms with Gasteiger partial charge in [0.2, 0.25) is 5.91 Å². The first-order chi connectivity index (χ1) is 7.63. The van der Waals surface area contributed by atoms with E-state index in [2.05, 4.69) is 5.32 Å². The molecular formula is C11H16N2O3. The number of primary amides is 1. The van der Waals surface area contributed by atoms with Gasteiger partial charge in [-0.3, -0.25) is 10.1 Å². The van der Waals surface area contributed by atoms with E-state index in [-0.39, 0.29) is 12.4 Å². The lowest BCUT2D eigenvalue weighted by atomic mass is 10.2. The second kappa shape index (κ2) is 6.09. The van der Waals surface area contributed by atoms with E-state index in [9.17, 15) is 9.90 Å². The number of hydrogen-bond donors (Lipinski definition) is 3. The third kappa shape index (κ3) is 3.88. The Hall–Kier alpha value is -1.59. The van der Waals surface area contributed by atoms with Crippen LogP contribution in [0.15, 0.2) is 24.3 Å². The van der Waals surface area contributed by atoms with Crippen molar-refractivity contribution in [1.29, 1.82) is 0 Å². The van der Waals surface area contributed by atoms with E-state index in [4.69, 9.17) is 10.5 Å². The predicted molar refractivity (Wildman–Crippen MR) is 59.8 cm³/mol. The molecule has 1 atom stereocenters. The van der Waals surface area contributed by atoms with E-state index in [1.807, 2.05) is 6.07 Å². The number of nitrogens with two attached hydrogens (primary N) is 1. The molecule has 1 aromatic rings. The third-order valence-corrected chi connectivity index (χ3v) is 2.14. The average Bonchev–Trinajstić information content (AvgIpc) is 2.24. The molecule has 5 heteroatoms. The highest BCUT2D eigenvalue weighted by atomic mass is 16.5. The molecule has 0 saturated carbocycles. The van der Waals surface area contributed by atoms with E-state index in [1.165, 1.54) is 7.11 Å². The van der Waals surface area contributed by atoms with Gasteiger partial charge >= 0.3 is 0 Å². The van der Waals surface area contributed by atoms with Crippen molar-refractivity contribution >= 4 is 5.91 Å². The van der Waals surface area contributed by atoms with Crippen LogP contribution in [0.5, 0.6) is 5.75 Å². The molecule has 4 N–H and O–H groups in total. The van der Waals surface area contributed by atoms with Crippen LogP contribution in [0, 0.1) is 0 Å². The molecule has 0 fully saturated rings. The molecule has 0 aliphatic heterocycles. The predicted octanol–water partition coefficient (Wildman–Crippen LogP) is -0.0179. The van der Waals surface area contributed by atoms with Crippen molar-refractivity contribution in [3.8, 4) is 5.75 Å². The molecule has 88 valence electrons. The zero-order valence-electron chi connectivity index (χ0n) is 9.14. The molecule has 0 heterocycles. The standard InChI is InChI=1S/C11H16N2O3/c1-16-7-10(11(12)15)13-6-8-3-2-4-9(14)5-8/h2-5,10,13-14H,6-7H2,1H3,(H2,12,15). The molecule has 0 aromatic heterocycles. The van der Waals surface area contributed by atoms with Gasteiger partial charge in [0.05, 0.1) is 6.61 Å². The number of carbonyl (C=O) groups excluding carboxylic acids is 1. The van der Waals surface area contributed by atoms with Gasteiger partial charge in [-0.05, 0) is 17.7 Å². The smallest absolute Gasteiger partial charge is 0.236 e. The van der Waals surface area contributed by atoms with Crippen molar-refractivity contribution in [3.63, 3.8) is 0 Å². The summed E-state index contributed by atoms with van der Waals surface area (Å²) in [6, 6.07) is 6.27. The topological polar surface area (TPSA) is 84.6 Å². The highest BCUT2D eigenvalue weighted by Crippen LogP contribution is 2.10. The van der Waals surface area contributed by atoms with Crippen molar-refractivity contribution in [2.75, 3.05) is 13.7 Å². The Morgan fingerprint density at radius 3 is 2.94 bits per heavy atom. The summed E-state index contributed by atoms with van der Waals surface area (Å²) in [7, 11) is 1.51. The lowest BCUT2D eigenvalue weighted by Gasteiger charge is -2.14. The monoisotopic (exact) mass is 224 g/mol. The molecule has 1 amide bonds. The van der Waals surface area contributed by atoms with Crippen molar-refractivity contribution in [2.24, 2.45) is 5.73 Å². The minimum atomic E-state index is -0.521. The minimum Gasteiger partial charge on any atom is -0.508 e. The van der Waals surface area contributed by atoms with Gasteiger partial charge in [-0.25, -0.2) is 0 Å². The fourth-order valence-corrected chi connectivity index (χ4v) is 1.32. The number of aromatic hydroxyl groups is 1. The average molecular weight is 224 g/mol. The Labute approximate surface area is 94.2 Å². The summed E-state index contributed by atoms with van der Waals surface area (Å²) >= 11 is 0. The molecule has 16 heavy (non-hydrogen) atoms. The molecule has 1 aromatic carbocycles. The van der Waals surface area contributed by atoms with Gasteiger partial charge in [-0.2, -0.15) is 0 Å². The number of phenolic OH excluding ortho intramolecular Hbond substituents is 1. The van der Waals surface area contributed by atoms with Crippen LogP contribution in [-0.2, 0) is 16.1 Å². The van der Waals surface area contributed by atoms with Crippen LogP contribution >= 0.6 is 0 Å². The number of amides is 1. The Bertz CT molecular complexity index is 355. The van der Waals surface area contributed by atoms with Gasteiger partial charge < -0.3 is 15.6 Å². The minimum absolute atomic E-state index is 0.196. The van der Waals surface area contributed by atoms with Gasteiger partial charge in [-0.15, -0.1) is 0 Å². The van der Waals surface area contributed by atoms with E-state index in [0.29, 0.717) is 6.54 Å². The molecule has 1 rings (SSSR count). The number of phenols is 1. The molecule has 0 aliphatic carbocycles. The van der Waals surface area contributed by atoms with Crippen molar-refractivity contribution in [2.45, 2.75) is 12.6 Å². The SMILES string of the molecule is COCC(NCc1cccc(O)c1)C(N)=O. The van der Waals surface area contributed by atoms with E-state index in [1.54, 1.807) is 18.2 Å². The van der Waals surface area contributed by atoms with Gasteiger partial charge in [0.25, 0.3) is 0 Å². The second-order valence-electron chi connectivity index (χ2n) is 3.46. The number of hydrogen-bond acceptors (Lipinski definition) is 4. The molecule has 0 bridgehead atoms. The Balaban J connectivity index is 2.51. The van der Waals surface area contributed by atoms with Crippen LogP contribution in [0.25, 0.3) is 0 Å². The Morgan fingerprint density at radius 2 is 2.38 bits per heavy atom. The lowest BCUT2D eigenvalue weighted by Crippen LogP contribution is -2.44. The molecule has 0 aliphatic rings. The summed E-state index contributed by atoms with van der Waals surface area (Å²) in [5.74, 6) is -0.260. The Kier molecular flexibility index (Phi) is 4.75. The fraction of sp³-hybridized carbons (Fsp3) is 0.364. The van der Waals surface area contributed by atoms with Crippen molar-refractivity contribution in [1.82, 2.24) is 5.32 Å². The Morgan fingerprint density at radius 1 is 1.62 bits per heavy atom. The first kappa shape index (κ1) is 12.5. The van der Waals surface area contributed by atoms with Crippen LogP contribution in [0.4, 0.5) is 0 Å². The third-order valence-electron chi connectivity index (χ3n) is 2.14. The summed E-state index contributed by atoms with van der Waals surface area (Å²) in [5, 5.41) is 12.2. The number of methoxy groups -OCH3 is 1. The van der Waals surface area contributed by atoms with Gasteiger partial charge in [-0.1, -0.05) is 12.1 Å². The maximum absolute atomic E-state index is 11.0. The van der Waals surface area contributed by atoms with E-state index >= 15 is 0 Å². The molecule has 0 radical (unpaired) electrons. The largest absolute Gasteiger partial charge is 0.508 e. The molecule has 1 unspecified atom stereocenters.